The first-order chi connectivity index (χ1) is 17.9. The van der Waals surface area contributed by atoms with E-state index in [1.807, 2.05) is 79.4 Å². The van der Waals surface area contributed by atoms with Crippen LogP contribution in [0.5, 0.6) is 17.2 Å². The van der Waals surface area contributed by atoms with Crippen LogP contribution in [0.1, 0.15) is 44.3 Å². The average Bonchev–Trinajstić information content (AvgIpc) is 3.44. The highest BCUT2D eigenvalue weighted by atomic mass is 16.5. The van der Waals surface area contributed by atoms with Gasteiger partial charge >= 0.3 is 0 Å². The lowest BCUT2D eigenvalue weighted by molar-refractivity contribution is 0.0730. The number of benzene rings is 3. The van der Waals surface area contributed by atoms with E-state index in [1.165, 1.54) is 0 Å². The molecule has 0 bridgehead atoms. The number of amides is 1. The molecule has 0 fully saturated rings. The van der Waals surface area contributed by atoms with Crippen LogP contribution in [0, 0.1) is 13.8 Å². The van der Waals surface area contributed by atoms with E-state index in [9.17, 15) is 9.90 Å². The molecule has 7 heteroatoms. The molecule has 0 saturated carbocycles. The van der Waals surface area contributed by atoms with Crippen LogP contribution in [0.25, 0.3) is 11.3 Å². The lowest BCUT2D eigenvalue weighted by atomic mass is 9.94. The van der Waals surface area contributed by atoms with E-state index in [0.29, 0.717) is 35.9 Å². The molecule has 7 nitrogen and oxygen atoms in total. The predicted octanol–water partition coefficient (Wildman–Crippen LogP) is 5.72. The molecule has 1 atom stereocenters. The minimum atomic E-state index is -0.439. The molecule has 4 aromatic rings. The molecule has 1 unspecified atom stereocenters. The quantitative estimate of drug-likeness (QED) is 0.305. The number of carbonyl (C=O) groups excluding carboxylic acids is 1. The average molecular weight is 496 g/mol. The van der Waals surface area contributed by atoms with Gasteiger partial charge < -0.3 is 19.5 Å². The van der Waals surface area contributed by atoms with Gasteiger partial charge in [-0.25, -0.2) is 0 Å². The summed E-state index contributed by atoms with van der Waals surface area (Å²) < 4.78 is 11.1. The van der Waals surface area contributed by atoms with Crippen LogP contribution in [0.2, 0.25) is 0 Å². The lowest BCUT2D eigenvalue weighted by Crippen LogP contribution is -2.29. The van der Waals surface area contributed by atoms with Crippen molar-refractivity contribution in [3.63, 3.8) is 0 Å². The van der Waals surface area contributed by atoms with E-state index in [0.717, 1.165) is 33.6 Å². The second-order valence-electron chi connectivity index (χ2n) is 9.19. The first kappa shape index (κ1) is 24.2. The molecule has 0 spiro atoms. The summed E-state index contributed by atoms with van der Waals surface area (Å²) in [7, 11) is 1.62. The third-order valence-electron chi connectivity index (χ3n) is 6.62. The number of nitrogens with one attached hydrogen (secondary N) is 1. The Hall–Kier alpha value is -4.52. The van der Waals surface area contributed by atoms with Crippen molar-refractivity contribution in [2.24, 2.45) is 0 Å². The highest BCUT2D eigenvalue weighted by Crippen LogP contribution is 2.46. The summed E-state index contributed by atoms with van der Waals surface area (Å²) >= 11 is 0. The van der Waals surface area contributed by atoms with Crippen LogP contribution in [0.15, 0.2) is 73.3 Å². The zero-order chi connectivity index (χ0) is 26.1. The summed E-state index contributed by atoms with van der Waals surface area (Å²) in [4.78, 5) is 15.6. The topological polar surface area (TPSA) is 87.7 Å². The summed E-state index contributed by atoms with van der Waals surface area (Å²) in [6.07, 6.45) is 1.69. The molecule has 1 aliphatic heterocycles. The Kier molecular flexibility index (Phi) is 6.44. The first-order valence-corrected chi connectivity index (χ1v) is 12.1. The van der Waals surface area contributed by atoms with E-state index in [1.54, 1.807) is 13.2 Å². The van der Waals surface area contributed by atoms with Gasteiger partial charge in [-0.1, -0.05) is 43.0 Å². The largest absolute Gasteiger partial charge is 0.507 e. The van der Waals surface area contributed by atoms with Crippen molar-refractivity contribution in [1.82, 2.24) is 15.1 Å². The van der Waals surface area contributed by atoms with Gasteiger partial charge in [0, 0.05) is 17.7 Å². The van der Waals surface area contributed by atoms with Gasteiger partial charge in [0.25, 0.3) is 5.91 Å². The number of rotatable bonds is 8. The number of methoxy groups -OCH3 is 1. The molecule has 0 saturated heterocycles. The van der Waals surface area contributed by atoms with Crippen molar-refractivity contribution in [3.8, 4) is 28.5 Å². The van der Waals surface area contributed by atoms with Crippen molar-refractivity contribution in [1.29, 1.82) is 0 Å². The van der Waals surface area contributed by atoms with Crippen molar-refractivity contribution in [2.75, 3.05) is 13.7 Å². The third-order valence-corrected chi connectivity index (χ3v) is 6.62. The highest BCUT2D eigenvalue weighted by Gasteiger charge is 2.42. The maximum Gasteiger partial charge on any atom is 0.273 e. The molecular weight excluding hydrogens is 466 g/mol. The van der Waals surface area contributed by atoms with E-state index in [2.05, 4.69) is 16.8 Å². The number of hydrogen-bond donors (Lipinski definition) is 2. The number of aryl methyl sites for hydroxylation is 2. The molecule has 188 valence electrons. The Bertz CT molecular complexity index is 1470. The van der Waals surface area contributed by atoms with Crippen LogP contribution >= 0.6 is 0 Å². The Morgan fingerprint density at radius 2 is 1.89 bits per heavy atom. The Morgan fingerprint density at radius 3 is 2.62 bits per heavy atom. The molecule has 37 heavy (non-hydrogen) atoms. The van der Waals surface area contributed by atoms with E-state index in [4.69, 9.17) is 9.47 Å². The number of carbonyl (C=O) groups is 1. The van der Waals surface area contributed by atoms with Crippen LogP contribution in [0.3, 0.4) is 0 Å². The molecule has 0 radical (unpaired) electrons. The summed E-state index contributed by atoms with van der Waals surface area (Å²) in [5.41, 5.74) is 5.91. The molecular formula is C30H29N3O4. The number of aromatic nitrogens is 2. The van der Waals surface area contributed by atoms with Crippen molar-refractivity contribution < 1.29 is 19.4 Å². The fourth-order valence-corrected chi connectivity index (χ4v) is 4.91. The maximum absolute atomic E-state index is 13.8. The van der Waals surface area contributed by atoms with Crippen LogP contribution in [-0.2, 0) is 6.54 Å². The van der Waals surface area contributed by atoms with Crippen molar-refractivity contribution >= 4 is 5.91 Å². The smallest absolute Gasteiger partial charge is 0.273 e. The number of ether oxygens (including phenoxy) is 2. The van der Waals surface area contributed by atoms with Gasteiger partial charge in [-0.3, -0.25) is 9.89 Å². The van der Waals surface area contributed by atoms with Gasteiger partial charge in [0.15, 0.2) is 0 Å². The zero-order valence-electron chi connectivity index (χ0n) is 21.1. The number of fused-ring (bicyclic) bond motifs is 1. The summed E-state index contributed by atoms with van der Waals surface area (Å²) in [6, 6.07) is 18.8. The zero-order valence-corrected chi connectivity index (χ0v) is 21.1. The van der Waals surface area contributed by atoms with Crippen LogP contribution < -0.4 is 9.47 Å². The fraction of sp³-hybridized carbons (Fsp3) is 0.200. The van der Waals surface area contributed by atoms with Gasteiger partial charge in [-0.15, -0.1) is 0 Å². The molecule has 1 aromatic heterocycles. The van der Waals surface area contributed by atoms with E-state index < -0.39 is 6.04 Å². The minimum absolute atomic E-state index is 0.155. The van der Waals surface area contributed by atoms with Gasteiger partial charge in [-0.05, 0) is 66.4 Å². The van der Waals surface area contributed by atoms with Gasteiger partial charge in [0.1, 0.15) is 35.2 Å². The Morgan fingerprint density at radius 1 is 1.11 bits per heavy atom. The standard InChI is InChI=1S/C30H29N3O4/c1-5-13-37-23-8-6-7-21(16-23)28-25-26(24-15-18(2)14-19(3)29(24)34)31-32-27(25)30(35)33(28)17-20-9-11-22(36-4)12-10-20/h5-12,14-16,28,34H,1,13,17H2,2-4H3,(H,31,32). The molecule has 0 aliphatic carbocycles. The first-order valence-electron chi connectivity index (χ1n) is 12.1. The summed E-state index contributed by atoms with van der Waals surface area (Å²) in [6.45, 7) is 8.31. The number of phenolic OH excluding ortho intramolecular Hbond substituents is 1. The highest BCUT2D eigenvalue weighted by molar-refractivity contribution is 6.00. The molecule has 2 heterocycles. The number of phenols is 1. The predicted molar refractivity (Wildman–Crippen MR) is 142 cm³/mol. The number of aromatic hydroxyl groups is 1. The van der Waals surface area contributed by atoms with Crippen LogP contribution in [-0.4, -0.2) is 39.8 Å². The second-order valence-corrected chi connectivity index (χ2v) is 9.19. The molecule has 5 rings (SSSR count). The number of nitrogens with zero attached hydrogens (tertiary/aromatic N) is 2. The summed E-state index contributed by atoms with van der Waals surface area (Å²) in [5.74, 6) is 1.43. The SMILES string of the molecule is C=CCOc1cccc(C2c3c(-c4cc(C)cc(C)c4O)n[nH]c3C(=O)N2Cc2ccc(OC)cc2)c1. The molecule has 3 aromatic carbocycles. The third kappa shape index (κ3) is 4.44. The Labute approximate surface area is 216 Å². The lowest BCUT2D eigenvalue weighted by Gasteiger charge is -2.27. The number of hydrogen-bond acceptors (Lipinski definition) is 5. The summed E-state index contributed by atoms with van der Waals surface area (Å²) in [5, 5.41) is 18.4. The van der Waals surface area contributed by atoms with Crippen molar-refractivity contribution in [2.45, 2.75) is 26.4 Å². The van der Waals surface area contributed by atoms with Gasteiger partial charge in [0.05, 0.1) is 13.2 Å². The maximum atomic E-state index is 13.8. The fourth-order valence-electron chi connectivity index (χ4n) is 4.91. The van der Waals surface area contributed by atoms with Crippen LogP contribution in [0.4, 0.5) is 0 Å². The second kappa shape index (κ2) is 9.85. The van der Waals surface area contributed by atoms with E-state index >= 15 is 0 Å². The molecule has 1 amide bonds. The monoisotopic (exact) mass is 495 g/mol. The molecule has 1 aliphatic rings. The minimum Gasteiger partial charge on any atom is -0.507 e. The normalized spacial score (nSPS) is 14.5. The number of H-pyrrole nitrogens is 1. The van der Waals surface area contributed by atoms with Crippen molar-refractivity contribution in [3.05, 3.63) is 107 Å². The van der Waals surface area contributed by atoms with Gasteiger partial charge in [-0.2, -0.15) is 5.10 Å². The van der Waals surface area contributed by atoms with Gasteiger partial charge in [0.2, 0.25) is 0 Å². The molecule has 2 N–H and O–H groups in total. The van der Waals surface area contributed by atoms with E-state index in [-0.39, 0.29) is 11.7 Å². The number of aromatic amines is 1. The Balaban J connectivity index is 1.65.